The minimum Gasteiger partial charge on any atom is -0.300 e. The van der Waals surface area contributed by atoms with Gasteiger partial charge in [-0.2, -0.15) is 13.2 Å². The summed E-state index contributed by atoms with van der Waals surface area (Å²) in [7, 11) is -3.12. The molecule has 1 aromatic heterocycles. The fraction of sp³-hybridized carbons (Fsp3) is 0.273. The molecule has 1 unspecified atom stereocenters. The maximum Gasteiger partial charge on any atom is 0.416 e. The fourth-order valence-corrected chi connectivity index (χ4v) is 5.59. The molecular formula is C22H20F3N3O3S2. The first-order chi connectivity index (χ1) is 15.6. The third-order valence-electron chi connectivity index (χ3n) is 5.33. The standard InChI is InChI=1S/C22H20F3N3O3S2/c23-22(24,25)17-8-4-7-16(13-17)18-14-32-21(26-18)27-20(29)19(15-5-2-1-3-6-15)28-9-11-33(30,31)12-10-28/h1-8,13-14,19H,9-12H2,(H,26,27,29). The monoisotopic (exact) mass is 495 g/mol. The van der Waals surface area contributed by atoms with Gasteiger partial charge in [0.2, 0.25) is 5.91 Å². The molecule has 2 heterocycles. The molecule has 0 aliphatic carbocycles. The Morgan fingerprint density at radius 3 is 2.42 bits per heavy atom. The van der Waals surface area contributed by atoms with E-state index in [9.17, 15) is 26.4 Å². The normalized spacial score (nSPS) is 17.4. The van der Waals surface area contributed by atoms with Crippen molar-refractivity contribution in [2.75, 3.05) is 29.9 Å². The van der Waals surface area contributed by atoms with Gasteiger partial charge in [-0.1, -0.05) is 42.5 Å². The number of rotatable bonds is 5. The van der Waals surface area contributed by atoms with Crippen molar-refractivity contribution >= 4 is 32.2 Å². The summed E-state index contributed by atoms with van der Waals surface area (Å²) in [4.78, 5) is 19.3. The van der Waals surface area contributed by atoms with Crippen molar-refractivity contribution in [3.63, 3.8) is 0 Å². The van der Waals surface area contributed by atoms with Crippen molar-refractivity contribution in [1.82, 2.24) is 9.88 Å². The van der Waals surface area contributed by atoms with Crippen LogP contribution in [0.1, 0.15) is 17.2 Å². The van der Waals surface area contributed by atoms with Gasteiger partial charge in [0.15, 0.2) is 15.0 Å². The number of alkyl halides is 3. The molecule has 33 heavy (non-hydrogen) atoms. The number of carbonyl (C=O) groups is 1. The quantitative estimate of drug-likeness (QED) is 0.573. The minimum absolute atomic E-state index is 0.0272. The van der Waals surface area contributed by atoms with Crippen LogP contribution in [-0.4, -0.2) is 48.8 Å². The van der Waals surface area contributed by atoms with Crippen LogP contribution in [0.2, 0.25) is 0 Å². The molecule has 4 rings (SSSR count). The summed E-state index contributed by atoms with van der Waals surface area (Å²) in [5.41, 5.74) is 0.552. The summed E-state index contributed by atoms with van der Waals surface area (Å²) < 4.78 is 62.7. The van der Waals surface area contributed by atoms with E-state index in [0.717, 1.165) is 23.5 Å². The van der Waals surface area contributed by atoms with Gasteiger partial charge in [0, 0.05) is 24.0 Å². The molecule has 174 valence electrons. The molecular weight excluding hydrogens is 475 g/mol. The van der Waals surface area contributed by atoms with E-state index in [0.29, 0.717) is 16.8 Å². The molecule has 2 aromatic carbocycles. The number of benzene rings is 2. The zero-order chi connectivity index (χ0) is 23.6. The Balaban J connectivity index is 1.55. The van der Waals surface area contributed by atoms with Gasteiger partial charge >= 0.3 is 6.18 Å². The van der Waals surface area contributed by atoms with E-state index in [1.807, 2.05) is 11.0 Å². The number of nitrogens with one attached hydrogen (secondary N) is 1. The lowest BCUT2D eigenvalue weighted by Crippen LogP contribution is -2.46. The van der Waals surface area contributed by atoms with Gasteiger partial charge in [0.1, 0.15) is 6.04 Å². The summed E-state index contributed by atoms with van der Waals surface area (Å²) in [6.07, 6.45) is -4.46. The molecule has 0 bridgehead atoms. The molecule has 0 spiro atoms. The summed E-state index contributed by atoms with van der Waals surface area (Å²) >= 11 is 1.11. The van der Waals surface area contributed by atoms with Crippen LogP contribution in [0, 0.1) is 0 Å². The van der Waals surface area contributed by atoms with E-state index < -0.39 is 27.6 Å². The predicted octanol–water partition coefficient (Wildman–Crippen LogP) is 4.24. The average Bonchev–Trinajstić information content (AvgIpc) is 3.24. The van der Waals surface area contributed by atoms with Crippen molar-refractivity contribution in [2.45, 2.75) is 12.2 Å². The van der Waals surface area contributed by atoms with Crippen molar-refractivity contribution in [3.05, 3.63) is 71.1 Å². The first-order valence-electron chi connectivity index (χ1n) is 10.1. The number of carbonyl (C=O) groups excluding carboxylic acids is 1. The first kappa shape index (κ1) is 23.4. The molecule has 1 N–H and O–H groups in total. The van der Waals surface area contributed by atoms with Gasteiger partial charge in [-0.05, 0) is 17.7 Å². The molecule has 0 saturated carbocycles. The maximum atomic E-state index is 13.2. The average molecular weight is 496 g/mol. The maximum absolute atomic E-state index is 13.2. The second-order valence-electron chi connectivity index (χ2n) is 7.61. The number of nitrogens with zero attached hydrogens (tertiary/aromatic N) is 2. The van der Waals surface area contributed by atoms with Crippen LogP contribution in [0.3, 0.4) is 0 Å². The minimum atomic E-state index is -4.46. The van der Waals surface area contributed by atoms with E-state index in [1.54, 1.807) is 29.6 Å². The third-order valence-corrected chi connectivity index (χ3v) is 7.69. The number of hydrogen-bond donors (Lipinski definition) is 1. The topological polar surface area (TPSA) is 79.4 Å². The summed E-state index contributed by atoms with van der Waals surface area (Å²) in [5, 5.41) is 4.58. The number of hydrogen-bond acceptors (Lipinski definition) is 6. The lowest BCUT2D eigenvalue weighted by Gasteiger charge is -2.33. The van der Waals surface area contributed by atoms with Gasteiger partial charge in [-0.15, -0.1) is 11.3 Å². The number of sulfone groups is 1. The van der Waals surface area contributed by atoms with Gasteiger partial charge in [0.25, 0.3) is 0 Å². The SMILES string of the molecule is O=C(Nc1nc(-c2cccc(C(F)(F)F)c2)cs1)C(c1ccccc1)N1CCS(=O)(=O)CC1. The molecule has 3 aromatic rings. The Hall–Kier alpha value is -2.76. The van der Waals surface area contributed by atoms with Gasteiger partial charge in [0.05, 0.1) is 22.8 Å². The van der Waals surface area contributed by atoms with E-state index in [4.69, 9.17) is 0 Å². The zero-order valence-electron chi connectivity index (χ0n) is 17.2. The number of halogens is 3. The summed E-state index contributed by atoms with van der Waals surface area (Å²) in [6.45, 7) is 0.450. The van der Waals surface area contributed by atoms with E-state index in [1.165, 1.54) is 12.1 Å². The van der Waals surface area contributed by atoms with Crippen LogP contribution in [0.4, 0.5) is 18.3 Å². The highest BCUT2D eigenvalue weighted by Gasteiger charge is 2.33. The van der Waals surface area contributed by atoms with E-state index in [-0.39, 0.29) is 35.6 Å². The van der Waals surface area contributed by atoms with Crippen LogP contribution >= 0.6 is 11.3 Å². The number of amides is 1. The molecule has 1 fully saturated rings. The molecule has 1 aliphatic rings. The van der Waals surface area contributed by atoms with Crippen LogP contribution in [0.25, 0.3) is 11.3 Å². The van der Waals surface area contributed by atoms with Crippen LogP contribution in [-0.2, 0) is 20.8 Å². The largest absolute Gasteiger partial charge is 0.416 e. The third kappa shape index (κ3) is 5.60. The van der Waals surface area contributed by atoms with E-state index >= 15 is 0 Å². The molecule has 11 heteroatoms. The number of thiazole rings is 1. The highest BCUT2D eigenvalue weighted by Crippen LogP contribution is 2.33. The Bertz CT molecular complexity index is 1230. The molecule has 1 atom stereocenters. The Morgan fingerprint density at radius 2 is 1.76 bits per heavy atom. The van der Waals surface area contributed by atoms with Crippen molar-refractivity contribution < 1.29 is 26.4 Å². The highest BCUT2D eigenvalue weighted by atomic mass is 32.2. The van der Waals surface area contributed by atoms with Crippen molar-refractivity contribution in [1.29, 1.82) is 0 Å². The molecule has 1 aliphatic heterocycles. The molecule has 0 radical (unpaired) electrons. The molecule has 6 nitrogen and oxygen atoms in total. The fourth-order valence-electron chi connectivity index (χ4n) is 3.64. The number of anilines is 1. The smallest absolute Gasteiger partial charge is 0.300 e. The van der Waals surface area contributed by atoms with Crippen molar-refractivity contribution in [2.24, 2.45) is 0 Å². The summed E-state index contributed by atoms with van der Waals surface area (Å²) in [5.74, 6) is -0.438. The summed E-state index contributed by atoms with van der Waals surface area (Å²) in [6, 6.07) is 13.1. The molecule has 1 amide bonds. The number of aromatic nitrogens is 1. The first-order valence-corrected chi connectivity index (χ1v) is 12.8. The van der Waals surface area contributed by atoms with Gasteiger partial charge < -0.3 is 5.32 Å². The van der Waals surface area contributed by atoms with Gasteiger partial charge in [-0.25, -0.2) is 13.4 Å². The Labute approximate surface area is 193 Å². The Kier molecular flexibility index (Phi) is 6.55. The van der Waals surface area contributed by atoms with Crippen LogP contribution in [0.15, 0.2) is 60.0 Å². The lowest BCUT2D eigenvalue weighted by atomic mass is 10.0. The van der Waals surface area contributed by atoms with Crippen LogP contribution < -0.4 is 5.32 Å². The molecule has 1 saturated heterocycles. The lowest BCUT2D eigenvalue weighted by molar-refractivity contribution is -0.137. The second-order valence-corrected chi connectivity index (χ2v) is 10.8. The second kappa shape index (κ2) is 9.24. The van der Waals surface area contributed by atoms with Crippen molar-refractivity contribution in [3.8, 4) is 11.3 Å². The zero-order valence-corrected chi connectivity index (χ0v) is 18.9. The highest BCUT2D eigenvalue weighted by molar-refractivity contribution is 7.91. The Morgan fingerprint density at radius 1 is 1.06 bits per heavy atom. The predicted molar refractivity (Wildman–Crippen MR) is 121 cm³/mol. The van der Waals surface area contributed by atoms with Gasteiger partial charge in [-0.3, -0.25) is 9.69 Å². The van der Waals surface area contributed by atoms with Crippen LogP contribution in [0.5, 0.6) is 0 Å². The van der Waals surface area contributed by atoms with E-state index in [2.05, 4.69) is 10.3 Å².